The van der Waals surface area contributed by atoms with Crippen LogP contribution in [0.5, 0.6) is 0 Å². The molecule has 0 aliphatic rings. The molecule has 1 atom stereocenters. The second-order valence-corrected chi connectivity index (χ2v) is 6.96. The number of hydrogen-bond acceptors (Lipinski definition) is 1. The highest BCUT2D eigenvalue weighted by Crippen LogP contribution is 2.10. The predicted molar refractivity (Wildman–Crippen MR) is 43.9 cm³/mol. The molecular weight excluding hydrogens is 152 g/mol. The lowest BCUT2D eigenvalue weighted by atomic mass is 10.5. The van der Waals surface area contributed by atoms with Gasteiger partial charge in [-0.15, -0.1) is 17.7 Å². The van der Waals surface area contributed by atoms with Crippen LogP contribution in [0.3, 0.4) is 0 Å². The maximum Gasteiger partial charge on any atom is 0.311 e. The summed E-state index contributed by atoms with van der Waals surface area (Å²) in [6, 6.07) is 0. The molecule has 0 saturated heterocycles. The Morgan fingerprint density at radius 3 is 2.67 bits per heavy atom. The molecule has 0 bridgehead atoms. The summed E-state index contributed by atoms with van der Waals surface area (Å²) in [5.41, 5.74) is 1.73. The summed E-state index contributed by atoms with van der Waals surface area (Å²) in [5, 5.41) is 0. The average molecular weight is 165 g/mol. The van der Waals surface area contributed by atoms with Gasteiger partial charge in [0.05, 0.1) is 0 Å². The third kappa shape index (κ3) is 4.69. The van der Waals surface area contributed by atoms with Crippen molar-refractivity contribution in [2.75, 3.05) is 6.61 Å². The zero-order valence-corrected chi connectivity index (χ0v) is 7.74. The summed E-state index contributed by atoms with van der Waals surface area (Å²) < 4.78 is 5.31. The zero-order chi connectivity index (χ0) is 7.33. The van der Waals surface area contributed by atoms with Gasteiger partial charge in [-0.3, -0.25) is 0 Å². The molecule has 54 valence electrons. The van der Waals surface area contributed by atoms with Gasteiger partial charge >= 0.3 is 7.63 Å². The average Bonchev–Trinajstić information content (AvgIpc) is 1.84. The topological polar surface area (TPSA) is 9.23 Å². The summed E-state index contributed by atoms with van der Waals surface area (Å²) in [4.78, 5) is 0. The van der Waals surface area contributed by atoms with E-state index in [0.717, 1.165) is 13.0 Å². The maximum atomic E-state index is 5.90. The van der Waals surface area contributed by atoms with Crippen molar-refractivity contribution in [3.05, 3.63) is 12.3 Å². The summed E-state index contributed by atoms with van der Waals surface area (Å²) in [6.45, 7) is 8.31. The molecule has 1 unspecified atom stereocenters. The first-order valence-electron chi connectivity index (χ1n) is 3.09. The summed E-state index contributed by atoms with van der Waals surface area (Å²) >= 11 is 5.90. The molecule has 0 N–H and O–H groups in total. The van der Waals surface area contributed by atoms with Crippen LogP contribution in [0.25, 0.3) is 0 Å². The molecule has 0 fully saturated rings. The van der Waals surface area contributed by atoms with Crippen molar-refractivity contribution < 1.29 is 4.43 Å². The van der Waals surface area contributed by atoms with Gasteiger partial charge in [-0.25, -0.2) is 0 Å². The maximum absolute atomic E-state index is 5.90. The Bertz CT molecular complexity index is 93.1. The normalized spacial score (nSPS) is 16.8. The highest BCUT2D eigenvalue weighted by Gasteiger charge is 2.20. The highest BCUT2D eigenvalue weighted by molar-refractivity contribution is 7.18. The molecule has 0 radical (unpaired) electrons. The summed E-state index contributed by atoms with van der Waals surface area (Å²) in [6.07, 6.45) is 1.02. The fourth-order valence-corrected chi connectivity index (χ4v) is 1.31. The van der Waals surface area contributed by atoms with E-state index in [4.69, 9.17) is 15.5 Å². The number of halogens is 1. The minimum Gasteiger partial charge on any atom is -0.400 e. The van der Waals surface area contributed by atoms with E-state index in [0.29, 0.717) is 0 Å². The van der Waals surface area contributed by atoms with Crippen molar-refractivity contribution in [1.29, 1.82) is 0 Å². The van der Waals surface area contributed by atoms with Gasteiger partial charge in [-0.2, -0.15) is 0 Å². The Labute approximate surface area is 62.5 Å². The van der Waals surface area contributed by atoms with Crippen LogP contribution in [0, 0.1) is 0 Å². The molecular formula is C6H13ClOSi. The minimum atomic E-state index is -1.96. The predicted octanol–water partition coefficient (Wildman–Crippen LogP) is 2.45. The van der Waals surface area contributed by atoms with Crippen molar-refractivity contribution in [3.8, 4) is 0 Å². The van der Waals surface area contributed by atoms with Gasteiger partial charge in [0.1, 0.15) is 0 Å². The van der Waals surface area contributed by atoms with Gasteiger partial charge in [-0.1, -0.05) is 12.6 Å². The van der Waals surface area contributed by atoms with E-state index < -0.39 is 7.63 Å². The van der Waals surface area contributed by atoms with E-state index in [-0.39, 0.29) is 0 Å². The molecule has 0 aliphatic heterocycles. The second-order valence-electron chi connectivity index (χ2n) is 2.04. The van der Waals surface area contributed by atoms with Crippen LogP contribution in [0.2, 0.25) is 6.55 Å². The van der Waals surface area contributed by atoms with Crippen LogP contribution in [-0.2, 0) is 4.43 Å². The molecule has 1 nitrogen and oxygen atoms in total. The van der Waals surface area contributed by atoms with Gasteiger partial charge in [0.15, 0.2) is 0 Å². The summed E-state index contributed by atoms with van der Waals surface area (Å²) in [5.74, 6) is 0. The Balaban J connectivity index is 3.45. The fourth-order valence-electron chi connectivity index (χ4n) is 0.361. The zero-order valence-electron chi connectivity index (χ0n) is 5.98. The SMILES string of the molecule is C=C[Si](C)(Cl)OCCC. The van der Waals surface area contributed by atoms with Gasteiger partial charge in [0.2, 0.25) is 0 Å². The molecule has 0 spiro atoms. The van der Waals surface area contributed by atoms with Crippen molar-refractivity contribution in [3.63, 3.8) is 0 Å². The Kier molecular flexibility index (Phi) is 4.19. The second kappa shape index (κ2) is 4.09. The van der Waals surface area contributed by atoms with Gasteiger partial charge < -0.3 is 4.43 Å². The van der Waals surface area contributed by atoms with Crippen molar-refractivity contribution in [1.82, 2.24) is 0 Å². The molecule has 0 aromatic heterocycles. The largest absolute Gasteiger partial charge is 0.400 e. The van der Waals surface area contributed by atoms with E-state index in [1.165, 1.54) is 0 Å². The van der Waals surface area contributed by atoms with E-state index in [1.807, 2.05) is 6.55 Å². The molecule has 3 heteroatoms. The first kappa shape index (κ1) is 9.21. The fraction of sp³-hybridized carbons (Fsp3) is 0.667. The first-order valence-corrected chi connectivity index (χ1v) is 6.58. The van der Waals surface area contributed by atoms with E-state index in [2.05, 4.69) is 13.5 Å². The number of rotatable bonds is 4. The molecule has 0 rings (SSSR count). The van der Waals surface area contributed by atoms with Crippen molar-refractivity contribution >= 4 is 18.7 Å². The summed E-state index contributed by atoms with van der Waals surface area (Å²) in [7, 11) is -1.96. The molecule has 0 aliphatic carbocycles. The Morgan fingerprint density at radius 1 is 1.78 bits per heavy atom. The van der Waals surface area contributed by atoms with E-state index in [9.17, 15) is 0 Å². The quantitative estimate of drug-likeness (QED) is 0.458. The molecule has 0 saturated carbocycles. The first-order chi connectivity index (χ1) is 4.12. The number of hydrogen-bond donors (Lipinski definition) is 0. The smallest absolute Gasteiger partial charge is 0.311 e. The van der Waals surface area contributed by atoms with Crippen LogP contribution in [0.4, 0.5) is 0 Å². The van der Waals surface area contributed by atoms with Crippen LogP contribution in [0.15, 0.2) is 12.3 Å². The van der Waals surface area contributed by atoms with Crippen LogP contribution >= 0.6 is 11.1 Å². The molecule has 0 amide bonds. The Hall–Kier alpha value is 0.207. The lowest BCUT2D eigenvalue weighted by molar-refractivity contribution is 0.323. The van der Waals surface area contributed by atoms with Crippen LogP contribution in [-0.4, -0.2) is 14.2 Å². The van der Waals surface area contributed by atoms with Crippen molar-refractivity contribution in [2.24, 2.45) is 0 Å². The van der Waals surface area contributed by atoms with Crippen LogP contribution < -0.4 is 0 Å². The van der Waals surface area contributed by atoms with E-state index in [1.54, 1.807) is 5.70 Å². The van der Waals surface area contributed by atoms with Crippen molar-refractivity contribution in [2.45, 2.75) is 19.9 Å². The third-order valence-corrected chi connectivity index (χ3v) is 3.24. The minimum absolute atomic E-state index is 0.748. The molecule has 0 aromatic rings. The standard InChI is InChI=1S/C6H13ClOSi/c1-4-6-8-9(3,7)5-2/h5H,2,4,6H2,1,3H3. The Morgan fingerprint density at radius 2 is 2.33 bits per heavy atom. The lowest BCUT2D eigenvalue weighted by Crippen LogP contribution is -2.24. The third-order valence-electron chi connectivity index (χ3n) is 0.953. The molecule has 0 heterocycles. The molecule has 9 heavy (non-hydrogen) atoms. The van der Waals surface area contributed by atoms with E-state index >= 15 is 0 Å². The van der Waals surface area contributed by atoms with Gasteiger partial charge in [-0.05, 0) is 13.0 Å². The monoisotopic (exact) mass is 164 g/mol. The molecule has 0 aromatic carbocycles. The lowest BCUT2D eigenvalue weighted by Gasteiger charge is -2.13. The van der Waals surface area contributed by atoms with Gasteiger partial charge in [0, 0.05) is 6.61 Å². The van der Waals surface area contributed by atoms with Gasteiger partial charge in [0.25, 0.3) is 0 Å². The van der Waals surface area contributed by atoms with Crippen LogP contribution in [0.1, 0.15) is 13.3 Å². The highest BCUT2D eigenvalue weighted by atomic mass is 35.6.